The molecule has 52 heavy (non-hydrogen) atoms. The Morgan fingerprint density at radius 3 is 0.942 bits per heavy atom. The second kappa shape index (κ2) is 15.0. The van der Waals surface area contributed by atoms with E-state index in [0.717, 1.165) is 28.2 Å². The number of benzene rings is 8. The Bertz CT molecular complexity index is 2470. The molecule has 0 saturated heterocycles. The number of hydrogen-bond acceptors (Lipinski definition) is 1. The molecule has 0 aromatic heterocycles. The minimum absolute atomic E-state index is 1.11. The predicted molar refractivity (Wildman–Crippen MR) is 227 cm³/mol. The molecule has 0 saturated carbocycles. The van der Waals surface area contributed by atoms with Crippen LogP contribution >= 0.6 is 0 Å². The van der Waals surface area contributed by atoms with Gasteiger partial charge in [0, 0.05) is 17.1 Å². The van der Waals surface area contributed by atoms with Gasteiger partial charge in [0.25, 0.3) is 0 Å². The second-order valence-corrected chi connectivity index (χ2v) is 13.1. The van der Waals surface area contributed by atoms with E-state index in [1.807, 2.05) is 6.07 Å². The molecule has 1 nitrogen and oxygen atoms in total. The standard InChI is InChI=1S/C51H39N/c1-38-20-30-43(31-21-38)52(44-32-24-41(25-33-44)23-22-39-12-4-2-5-13-39)45-34-26-42(27-35-45)29-37-51-48-18-10-8-16-46(48)50(47-17-9-11-19-49(47)51)36-28-40-14-6-3-7-15-40/h2-37H,1H3. The number of rotatable bonds is 9. The van der Waals surface area contributed by atoms with Gasteiger partial charge in [-0.05, 0) is 98.2 Å². The fraction of sp³-hybridized carbons (Fsp3) is 0.0196. The second-order valence-electron chi connectivity index (χ2n) is 13.1. The van der Waals surface area contributed by atoms with Crippen LogP contribution < -0.4 is 4.90 Å². The summed E-state index contributed by atoms with van der Waals surface area (Å²) in [4.78, 5) is 2.32. The molecule has 0 N–H and O–H groups in total. The van der Waals surface area contributed by atoms with Crippen LogP contribution in [0.25, 0.3) is 58.0 Å². The minimum atomic E-state index is 1.11. The monoisotopic (exact) mass is 665 g/mol. The highest BCUT2D eigenvalue weighted by atomic mass is 15.1. The number of nitrogens with zero attached hydrogens (tertiary/aromatic N) is 1. The highest BCUT2D eigenvalue weighted by Crippen LogP contribution is 2.37. The van der Waals surface area contributed by atoms with E-state index in [1.54, 1.807) is 0 Å². The lowest BCUT2D eigenvalue weighted by molar-refractivity contribution is 1.27. The van der Waals surface area contributed by atoms with Crippen LogP contribution in [0.3, 0.4) is 0 Å². The topological polar surface area (TPSA) is 3.24 Å². The van der Waals surface area contributed by atoms with E-state index in [9.17, 15) is 0 Å². The van der Waals surface area contributed by atoms with E-state index >= 15 is 0 Å². The number of fused-ring (bicyclic) bond motifs is 2. The summed E-state index contributed by atoms with van der Waals surface area (Å²) in [6, 6.07) is 64.8. The van der Waals surface area contributed by atoms with E-state index in [-0.39, 0.29) is 0 Å². The first-order valence-electron chi connectivity index (χ1n) is 17.8. The molecule has 0 atom stereocenters. The van der Waals surface area contributed by atoms with Crippen LogP contribution in [-0.2, 0) is 0 Å². The van der Waals surface area contributed by atoms with E-state index in [2.05, 4.69) is 224 Å². The molecule has 0 aliphatic rings. The lowest BCUT2D eigenvalue weighted by Gasteiger charge is -2.26. The van der Waals surface area contributed by atoms with Crippen LogP contribution in [0.5, 0.6) is 0 Å². The fourth-order valence-corrected chi connectivity index (χ4v) is 6.84. The molecule has 8 aromatic rings. The van der Waals surface area contributed by atoms with Crippen molar-refractivity contribution in [2.24, 2.45) is 0 Å². The van der Waals surface area contributed by atoms with Gasteiger partial charge in [-0.3, -0.25) is 0 Å². The highest BCUT2D eigenvalue weighted by Gasteiger charge is 2.13. The van der Waals surface area contributed by atoms with Crippen molar-refractivity contribution in [1.82, 2.24) is 0 Å². The first-order valence-corrected chi connectivity index (χ1v) is 17.8. The Morgan fingerprint density at radius 1 is 0.288 bits per heavy atom. The van der Waals surface area contributed by atoms with Crippen LogP contribution in [0.2, 0.25) is 0 Å². The van der Waals surface area contributed by atoms with E-state index in [1.165, 1.54) is 49.4 Å². The van der Waals surface area contributed by atoms with Crippen molar-refractivity contribution in [3.8, 4) is 0 Å². The van der Waals surface area contributed by atoms with Gasteiger partial charge in [0.2, 0.25) is 0 Å². The molecule has 248 valence electrons. The van der Waals surface area contributed by atoms with Gasteiger partial charge in [-0.1, -0.05) is 188 Å². The highest BCUT2D eigenvalue weighted by molar-refractivity contribution is 6.14. The fourth-order valence-electron chi connectivity index (χ4n) is 6.84. The van der Waals surface area contributed by atoms with E-state index < -0.39 is 0 Å². The lowest BCUT2D eigenvalue weighted by atomic mass is 9.91. The molecule has 0 spiro atoms. The summed E-state index contributed by atoms with van der Waals surface area (Å²) in [7, 11) is 0. The molecule has 8 rings (SSSR count). The first-order chi connectivity index (χ1) is 25.7. The van der Waals surface area contributed by atoms with Gasteiger partial charge in [-0.25, -0.2) is 0 Å². The van der Waals surface area contributed by atoms with Gasteiger partial charge in [-0.2, -0.15) is 0 Å². The van der Waals surface area contributed by atoms with Gasteiger partial charge in [-0.15, -0.1) is 0 Å². The third-order valence-corrected chi connectivity index (χ3v) is 9.56. The van der Waals surface area contributed by atoms with Crippen molar-refractivity contribution in [2.45, 2.75) is 6.92 Å². The smallest absolute Gasteiger partial charge is 0.0462 e. The van der Waals surface area contributed by atoms with E-state index in [0.29, 0.717) is 0 Å². The van der Waals surface area contributed by atoms with E-state index in [4.69, 9.17) is 0 Å². The van der Waals surface area contributed by atoms with Gasteiger partial charge in [0.15, 0.2) is 0 Å². The number of aryl methyl sites for hydroxylation is 1. The molecule has 1 heteroatoms. The average Bonchev–Trinajstić information content (AvgIpc) is 3.21. The summed E-state index contributed by atoms with van der Waals surface area (Å²) in [5, 5.41) is 4.99. The third-order valence-electron chi connectivity index (χ3n) is 9.56. The number of hydrogen-bond donors (Lipinski definition) is 0. The Kier molecular flexibility index (Phi) is 9.40. The van der Waals surface area contributed by atoms with Crippen molar-refractivity contribution >= 4 is 75.1 Å². The molecule has 8 aromatic carbocycles. The SMILES string of the molecule is Cc1ccc(N(c2ccc(C=Cc3ccccc3)cc2)c2ccc(C=Cc3c4ccccc4c(C=Cc4ccccc4)c4ccccc34)cc2)cc1. The van der Waals surface area contributed by atoms with Gasteiger partial charge >= 0.3 is 0 Å². The maximum atomic E-state index is 2.32. The normalized spacial score (nSPS) is 11.7. The third kappa shape index (κ3) is 7.12. The Balaban J connectivity index is 1.12. The molecule has 0 bridgehead atoms. The van der Waals surface area contributed by atoms with Crippen LogP contribution in [0.4, 0.5) is 17.1 Å². The van der Waals surface area contributed by atoms with Crippen molar-refractivity contribution in [2.75, 3.05) is 4.90 Å². The maximum absolute atomic E-state index is 2.32. The molecular weight excluding hydrogens is 627 g/mol. The predicted octanol–water partition coefficient (Wildman–Crippen LogP) is 14.3. The van der Waals surface area contributed by atoms with Gasteiger partial charge in [0.1, 0.15) is 0 Å². The summed E-state index contributed by atoms with van der Waals surface area (Å²) in [6.07, 6.45) is 13.3. The molecule has 0 radical (unpaired) electrons. The van der Waals surface area contributed by atoms with Crippen molar-refractivity contribution in [3.05, 3.63) is 221 Å². The van der Waals surface area contributed by atoms with Crippen LogP contribution in [-0.4, -0.2) is 0 Å². The molecule has 0 fully saturated rings. The zero-order valence-electron chi connectivity index (χ0n) is 29.2. The number of anilines is 3. The largest absolute Gasteiger partial charge is 0.311 e. The Labute approximate surface area is 306 Å². The Morgan fingerprint density at radius 2 is 0.577 bits per heavy atom. The van der Waals surface area contributed by atoms with Gasteiger partial charge in [0.05, 0.1) is 0 Å². The minimum Gasteiger partial charge on any atom is -0.311 e. The van der Waals surface area contributed by atoms with Crippen LogP contribution in [0.1, 0.15) is 38.9 Å². The zero-order chi connectivity index (χ0) is 35.1. The molecule has 0 heterocycles. The molecule has 0 aliphatic carbocycles. The summed E-state index contributed by atoms with van der Waals surface area (Å²) >= 11 is 0. The molecule has 0 aliphatic heterocycles. The molecule has 0 unspecified atom stereocenters. The van der Waals surface area contributed by atoms with Crippen molar-refractivity contribution < 1.29 is 0 Å². The Hall–Kier alpha value is -6.70. The summed E-state index contributed by atoms with van der Waals surface area (Å²) in [6.45, 7) is 2.13. The van der Waals surface area contributed by atoms with Crippen LogP contribution in [0.15, 0.2) is 182 Å². The maximum Gasteiger partial charge on any atom is 0.0462 e. The lowest BCUT2D eigenvalue weighted by Crippen LogP contribution is -2.09. The van der Waals surface area contributed by atoms with Crippen molar-refractivity contribution in [1.29, 1.82) is 0 Å². The molecular formula is C51H39N. The summed E-state index contributed by atoms with van der Waals surface area (Å²) in [5.41, 5.74) is 11.8. The van der Waals surface area contributed by atoms with Crippen molar-refractivity contribution in [3.63, 3.8) is 0 Å². The van der Waals surface area contributed by atoms with Crippen LogP contribution in [0, 0.1) is 6.92 Å². The summed E-state index contributed by atoms with van der Waals surface area (Å²) < 4.78 is 0. The quantitative estimate of drug-likeness (QED) is 0.110. The molecule has 0 amide bonds. The zero-order valence-corrected chi connectivity index (χ0v) is 29.2. The van der Waals surface area contributed by atoms with Gasteiger partial charge < -0.3 is 4.90 Å². The average molecular weight is 666 g/mol. The summed E-state index contributed by atoms with van der Waals surface area (Å²) in [5.74, 6) is 0. The first kappa shape index (κ1) is 32.5.